The van der Waals surface area contributed by atoms with Crippen molar-refractivity contribution in [1.82, 2.24) is 15.6 Å². The first-order valence-electron chi connectivity index (χ1n) is 6.06. The number of imide groups is 1. The number of nitrogens with zero attached hydrogens (tertiary/aromatic N) is 1. The predicted molar refractivity (Wildman–Crippen MR) is 71.8 cm³/mol. The van der Waals surface area contributed by atoms with E-state index in [4.69, 9.17) is 0 Å². The Morgan fingerprint density at radius 1 is 1.33 bits per heavy atom. The van der Waals surface area contributed by atoms with Crippen LogP contribution in [0.15, 0.2) is 23.4 Å². The summed E-state index contributed by atoms with van der Waals surface area (Å²) >= 11 is 0.943. The third-order valence-electron chi connectivity index (χ3n) is 2.20. The standard InChI is InChI=1S/C12H14F3N3O2S/c1-2-5-16-11(20)18-9(19)7-21-10-4-3-8(6-17-10)12(13,14)15/h3-4,6H,2,5,7H2,1H3,(H2,16,18,19,20). The number of halogens is 3. The maximum Gasteiger partial charge on any atom is 0.417 e. The first-order chi connectivity index (χ1) is 9.82. The predicted octanol–water partition coefficient (Wildman–Crippen LogP) is 2.43. The number of amides is 3. The molecule has 116 valence electrons. The van der Waals surface area contributed by atoms with Crippen molar-refractivity contribution in [3.63, 3.8) is 0 Å². The number of hydrogen-bond donors (Lipinski definition) is 2. The van der Waals surface area contributed by atoms with E-state index in [1.54, 1.807) is 0 Å². The summed E-state index contributed by atoms with van der Waals surface area (Å²) in [7, 11) is 0. The van der Waals surface area contributed by atoms with Crippen LogP contribution in [0, 0.1) is 0 Å². The van der Waals surface area contributed by atoms with Gasteiger partial charge >= 0.3 is 12.2 Å². The van der Waals surface area contributed by atoms with E-state index in [9.17, 15) is 22.8 Å². The third-order valence-corrected chi connectivity index (χ3v) is 3.15. The van der Waals surface area contributed by atoms with Gasteiger partial charge in [-0.15, -0.1) is 0 Å². The number of nitrogens with one attached hydrogen (secondary N) is 2. The van der Waals surface area contributed by atoms with Gasteiger partial charge in [-0.2, -0.15) is 13.2 Å². The third kappa shape index (κ3) is 6.48. The number of thioether (sulfide) groups is 1. The average Bonchev–Trinajstić information content (AvgIpc) is 2.42. The molecule has 0 saturated heterocycles. The van der Waals surface area contributed by atoms with Crippen molar-refractivity contribution in [1.29, 1.82) is 0 Å². The minimum absolute atomic E-state index is 0.113. The topological polar surface area (TPSA) is 71.1 Å². The summed E-state index contributed by atoms with van der Waals surface area (Å²) in [6, 6.07) is 1.47. The van der Waals surface area contributed by atoms with Gasteiger partial charge in [0, 0.05) is 12.7 Å². The van der Waals surface area contributed by atoms with Crippen LogP contribution in [0.4, 0.5) is 18.0 Å². The molecule has 3 amide bonds. The second kappa shape index (κ2) is 7.87. The molecule has 1 aromatic rings. The summed E-state index contributed by atoms with van der Waals surface area (Å²) in [5, 5.41) is 4.84. The Labute approximate surface area is 123 Å². The van der Waals surface area contributed by atoms with Crippen LogP contribution >= 0.6 is 11.8 Å². The molecule has 0 spiro atoms. The Bertz CT molecular complexity index is 492. The SMILES string of the molecule is CCCNC(=O)NC(=O)CSc1ccc(C(F)(F)F)cn1. The highest BCUT2D eigenvalue weighted by molar-refractivity contribution is 7.99. The summed E-state index contributed by atoms with van der Waals surface area (Å²) < 4.78 is 37.0. The first-order valence-corrected chi connectivity index (χ1v) is 7.05. The van der Waals surface area contributed by atoms with Crippen molar-refractivity contribution in [3.8, 4) is 0 Å². The molecule has 2 N–H and O–H groups in total. The number of urea groups is 1. The van der Waals surface area contributed by atoms with Crippen LogP contribution in [0.25, 0.3) is 0 Å². The second-order valence-corrected chi connectivity index (χ2v) is 4.97. The number of hydrogen-bond acceptors (Lipinski definition) is 4. The number of alkyl halides is 3. The van der Waals surface area contributed by atoms with Gasteiger partial charge in [0.25, 0.3) is 0 Å². The monoisotopic (exact) mass is 321 g/mol. The Hall–Kier alpha value is -1.77. The van der Waals surface area contributed by atoms with E-state index in [2.05, 4.69) is 15.6 Å². The molecule has 0 aliphatic carbocycles. The summed E-state index contributed by atoms with van der Waals surface area (Å²) in [6.07, 6.45) is -3.00. The van der Waals surface area contributed by atoms with Gasteiger partial charge in [-0.1, -0.05) is 18.7 Å². The molecule has 0 fully saturated rings. The van der Waals surface area contributed by atoms with Crippen molar-refractivity contribution in [2.24, 2.45) is 0 Å². The normalized spacial score (nSPS) is 11.0. The molecule has 0 atom stereocenters. The van der Waals surface area contributed by atoms with E-state index < -0.39 is 23.7 Å². The lowest BCUT2D eigenvalue weighted by Gasteiger charge is -2.07. The lowest BCUT2D eigenvalue weighted by Crippen LogP contribution is -2.40. The quantitative estimate of drug-likeness (QED) is 0.817. The van der Waals surface area contributed by atoms with Crippen LogP contribution in [0.2, 0.25) is 0 Å². The molecule has 9 heteroatoms. The molecule has 5 nitrogen and oxygen atoms in total. The second-order valence-electron chi connectivity index (χ2n) is 3.98. The molecule has 0 bridgehead atoms. The van der Waals surface area contributed by atoms with Gasteiger partial charge in [-0.25, -0.2) is 9.78 Å². The molecule has 0 unspecified atom stereocenters. The molecule has 21 heavy (non-hydrogen) atoms. The van der Waals surface area contributed by atoms with Crippen LogP contribution in [-0.4, -0.2) is 29.2 Å². The highest BCUT2D eigenvalue weighted by atomic mass is 32.2. The zero-order valence-electron chi connectivity index (χ0n) is 11.2. The number of rotatable bonds is 5. The number of pyridine rings is 1. The average molecular weight is 321 g/mol. The smallest absolute Gasteiger partial charge is 0.338 e. The van der Waals surface area contributed by atoms with Crippen LogP contribution < -0.4 is 10.6 Å². The number of aromatic nitrogens is 1. The molecular formula is C12H14F3N3O2S. The molecular weight excluding hydrogens is 307 g/mol. The minimum Gasteiger partial charge on any atom is -0.338 e. The summed E-state index contributed by atoms with van der Waals surface area (Å²) in [4.78, 5) is 26.2. The van der Waals surface area contributed by atoms with Gasteiger partial charge in [0.05, 0.1) is 16.3 Å². The maximum atomic E-state index is 12.3. The molecule has 0 aromatic carbocycles. The summed E-state index contributed by atoms with van der Waals surface area (Å²) in [6.45, 7) is 2.32. The molecule has 0 aliphatic heterocycles. The molecule has 1 rings (SSSR count). The van der Waals surface area contributed by atoms with Crippen molar-refractivity contribution in [2.75, 3.05) is 12.3 Å². The first kappa shape index (κ1) is 17.3. The van der Waals surface area contributed by atoms with Crippen LogP contribution in [0.3, 0.4) is 0 Å². The maximum absolute atomic E-state index is 12.3. The van der Waals surface area contributed by atoms with E-state index in [0.29, 0.717) is 12.7 Å². The zero-order valence-corrected chi connectivity index (χ0v) is 12.0. The Morgan fingerprint density at radius 3 is 2.57 bits per heavy atom. The molecule has 1 aromatic heterocycles. The van der Waals surface area contributed by atoms with Gasteiger partial charge in [-0.05, 0) is 18.6 Å². The van der Waals surface area contributed by atoms with Gasteiger partial charge in [0.2, 0.25) is 5.91 Å². The van der Waals surface area contributed by atoms with Crippen molar-refractivity contribution >= 4 is 23.7 Å². The van der Waals surface area contributed by atoms with Crippen LogP contribution in [0.5, 0.6) is 0 Å². The van der Waals surface area contributed by atoms with Gasteiger partial charge < -0.3 is 5.32 Å². The minimum atomic E-state index is -4.44. The lowest BCUT2D eigenvalue weighted by atomic mass is 10.3. The molecule has 0 aliphatic rings. The highest BCUT2D eigenvalue weighted by Crippen LogP contribution is 2.29. The highest BCUT2D eigenvalue weighted by Gasteiger charge is 2.30. The Kier molecular flexibility index (Phi) is 6.47. The number of carbonyl (C=O) groups excluding carboxylic acids is 2. The van der Waals surface area contributed by atoms with E-state index in [1.165, 1.54) is 6.07 Å². The van der Waals surface area contributed by atoms with Crippen molar-refractivity contribution in [2.45, 2.75) is 24.5 Å². The fraction of sp³-hybridized carbons (Fsp3) is 0.417. The van der Waals surface area contributed by atoms with Crippen LogP contribution in [-0.2, 0) is 11.0 Å². The van der Waals surface area contributed by atoms with Crippen molar-refractivity contribution in [3.05, 3.63) is 23.9 Å². The van der Waals surface area contributed by atoms with Crippen LogP contribution in [0.1, 0.15) is 18.9 Å². The molecule has 0 saturated carbocycles. The van der Waals surface area contributed by atoms with E-state index in [-0.39, 0.29) is 10.8 Å². The van der Waals surface area contributed by atoms with E-state index in [1.807, 2.05) is 6.92 Å². The Morgan fingerprint density at radius 2 is 2.05 bits per heavy atom. The van der Waals surface area contributed by atoms with E-state index in [0.717, 1.165) is 24.2 Å². The fourth-order valence-electron chi connectivity index (χ4n) is 1.22. The zero-order chi connectivity index (χ0) is 15.9. The van der Waals surface area contributed by atoms with Gasteiger partial charge in [0.1, 0.15) is 0 Å². The van der Waals surface area contributed by atoms with Crippen molar-refractivity contribution < 1.29 is 22.8 Å². The summed E-state index contributed by atoms with van der Waals surface area (Å²) in [5.74, 6) is -0.659. The van der Waals surface area contributed by atoms with Gasteiger partial charge in [-0.3, -0.25) is 10.1 Å². The lowest BCUT2D eigenvalue weighted by molar-refractivity contribution is -0.137. The number of carbonyl (C=O) groups is 2. The summed E-state index contributed by atoms with van der Waals surface area (Å²) in [5.41, 5.74) is -0.852. The van der Waals surface area contributed by atoms with E-state index >= 15 is 0 Å². The van der Waals surface area contributed by atoms with Gasteiger partial charge in [0.15, 0.2) is 0 Å². The largest absolute Gasteiger partial charge is 0.417 e. The molecule has 1 heterocycles. The molecule has 0 radical (unpaired) electrons. The Balaban J connectivity index is 2.41. The fourth-order valence-corrected chi connectivity index (χ4v) is 1.86.